The molecule has 182 valence electrons. The lowest BCUT2D eigenvalue weighted by atomic mass is 10.0. The molecule has 1 aliphatic carbocycles. The standard InChI is InChI=1S/C36H23N2S/c1-2-14-28-24(10-1)31-22-23(38-32-16-6-3-11-25(32)26-12-4-7-17-33(26)38)19-20-29(31)35(28)37-21-9-15-30-27-13-5-8-18-34(27)39-36(30)37/h1-22,35H/q+1. The summed E-state index contributed by atoms with van der Waals surface area (Å²) in [6.07, 6.45) is 2.26. The van der Waals surface area contributed by atoms with Gasteiger partial charge < -0.3 is 4.57 Å². The van der Waals surface area contributed by atoms with Gasteiger partial charge in [-0.1, -0.05) is 90.2 Å². The molecule has 0 radical (unpaired) electrons. The van der Waals surface area contributed by atoms with Gasteiger partial charge in [-0.25, -0.2) is 0 Å². The highest BCUT2D eigenvalue weighted by molar-refractivity contribution is 7.25. The number of para-hydroxylation sites is 2. The maximum absolute atomic E-state index is 2.49. The smallest absolute Gasteiger partial charge is 0.270 e. The molecule has 0 fully saturated rings. The summed E-state index contributed by atoms with van der Waals surface area (Å²) < 4.78 is 6.24. The number of benzene rings is 5. The van der Waals surface area contributed by atoms with Gasteiger partial charge in [-0.15, -0.1) is 0 Å². The molecule has 1 unspecified atom stereocenters. The van der Waals surface area contributed by atoms with Crippen molar-refractivity contribution in [3.05, 3.63) is 145 Å². The number of pyridine rings is 1. The van der Waals surface area contributed by atoms with Crippen molar-refractivity contribution in [3.63, 3.8) is 0 Å². The molecule has 5 aromatic carbocycles. The van der Waals surface area contributed by atoms with E-state index in [-0.39, 0.29) is 6.04 Å². The van der Waals surface area contributed by atoms with Crippen LogP contribution in [0.4, 0.5) is 0 Å². The molecular weight excluding hydrogens is 492 g/mol. The Morgan fingerprint density at radius 1 is 0.538 bits per heavy atom. The summed E-state index contributed by atoms with van der Waals surface area (Å²) in [6, 6.07) is 46.8. The lowest BCUT2D eigenvalue weighted by molar-refractivity contribution is -0.676. The summed E-state index contributed by atoms with van der Waals surface area (Å²) in [6.45, 7) is 0. The maximum Gasteiger partial charge on any atom is 0.270 e. The van der Waals surface area contributed by atoms with Gasteiger partial charge in [0.15, 0.2) is 6.20 Å². The number of aromatic nitrogens is 2. The Balaban J connectivity index is 1.31. The summed E-state index contributed by atoms with van der Waals surface area (Å²) in [5.41, 5.74) is 9.05. The minimum atomic E-state index is 0.139. The molecule has 0 N–H and O–H groups in total. The minimum absolute atomic E-state index is 0.139. The summed E-state index contributed by atoms with van der Waals surface area (Å²) in [5, 5.41) is 5.24. The van der Waals surface area contributed by atoms with Crippen molar-refractivity contribution in [3.8, 4) is 16.8 Å². The van der Waals surface area contributed by atoms with Crippen LogP contribution in [0.25, 0.3) is 58.9 Å². The Hall–Kier alpha value is -4.73. The third-order valence-electron chi connectivity index (χ3n) is 8.35. The van der Waals surface area contributed by atoms with Gasteiger partial charge in [0.1, 0.15) is 0 Å². The molecule has 3 aromatic heterocycles. The fourth-order valence-electron chi connectivity index (χ4n) is 6.71. The first-order valence-electron chi connectivity index (χ1n) is 13.4. The van der Waals surface area contributed by atoms with Gasteiger partial charge in [0.2, 0.25) is 6.04 Å². The van der Waals surface area contributed by atoms with Crippen LogP contribution in [0.5, 0.6) is 0 Å². The summed E-state index contributed by atoms with van der Waals surface area (Å²) >= 11 is 1.89. The van der Waals surface area contributed by atoms with Crippen molar-refractivity contribution in [1.82, 2.24) is 4.57 Å². The van der Waals surface area contributed by atoms with E-state index in [1.54, 1.807) is 0 Å². The zero-order valence-corrected chi connectivity index (χ0v) is 21.9. The number of rotatable bonds is 2. The molecular formula is C36H23N2S+. The normalized spacial score (nSPS) is 14.4. The summed E-state index contributed by atoms with van der Waals surface area (Å²) in [5.74, 6) is 0. The first-order chi connectivity index (χ1) is 19.4. The largest absolute Gasteiger partial charge is 0.309 e. The molecule has 2 nitrogen and oxygen atoms in total. The molecule has 0 aliphatic heterocycles. The van der Waals surface area contributed by atoms with Crippen LogP contribution in [-0.4, -0.2) is 4.57 Å². The van der Waals surface area contributed by atoms with E-state index in [0.717, 1.165) is 0 Å². The average molecular weight is 516 g/mol. The molecule has 0 bridgehead atoms. The lowest BCUT2D eigenvalue weighted by Crippen LogP contribution is -2.39. The molecule has 3 heterocycles. The molecule has 1 aliphatic rings. The van der Waals surface area contributed by atoms with E-state index >= 15 is 0 Å². The second-order valence-corrected chi connectivity index (χ2v) is 11.4. The minimum Gasteiger partial charge on any atom is -0.309 e. The number of thiophene rings is 1. The van der Waals surface area contributed by atoms with Crippen molar-refractivity contribution >= 4 is 53.4 Å². The van der Waals surface area contributed by atoms with E-state index in [1.165, 1.54) is 70.0 Å². The van der Waals surface area contributed by atoms with E-state index in [1.807, 2.05) is 11.3 Å². The van der Waals surface area contributed by atoms with Crippen molar-refractivity contribution in [2.45, 2.75) is 6.04 Å². The molecule has 0 saturated carbocycles. The lowest BCUT2D eigenvalue weighted by Gasteiger charge is -2.12. The third-order valence-corrected chi connectivity index (χ3v) is 9.55. The predicted molar refractivity (Wildman–Crippen MR) is 163 cm³/mol. The highest BCUT2D eigenvalue weighted by Gasteiger charge is 2.37. The van der Waals surface area contributed by atoms with Gasteiger partial charge in [-0.05, 0) is 53.6 Å². The topological polar surface area (TPSA) is 8.81 Å². The van der Waals surface area contributed by atoms with Gasteiger partial charge in [0, 0.05) is 43.7 Å². The second-order valence-electron chi connectivity index (χ2n) is 10.4. The van der Waals surface area contributed by atoms with E-state index in [2.05, 4.69) is 143 Å². The molecule has 1 atom stereocenters. The zero-order valence-electron chi connectivity index (χ0n) is 21.1. The Bertz CT molecular complexity index is 2200. The first kappa shape index (κ1) is 21.2. The fourth-order valence-corrected chi connectivity index (χ4v) is 7.91. The highest BCUT2D eigenvalue weighted by atomic mass is 32.1. The monoisotopic (exact) mass is 515 g/mol. The van der Waals surface area contributed by atoms with Crippen LogP contribution >= 0.6 is 11.3 Å². The van der Waals surface area contributed by atoms with E-state index < -0.39 is 0 Å². The molecule has 0 spiro atoms. The van der Waals surface area contributed by atoms with Crippen LogP contribution in [0, 0.1) is 0 Å². The number of nitrogens with zero attached hydrogens (tertiary/aromatic N) is 2. The van der Waals surface area contributed by atoms with Crippen LogP contribution in [0.15, 0.2) is 134 Å². The van der Waals surface area contributed by atoms with E-state index in [4.69, 9.17) is 0 Å². The Kier molecular flexibility index (Phi) is 4.29. The van der Waals surface area contributed by atoms with Crippen molar-refractivity contribution in [2.24, 2.45) is 0 Å². The van der Waals surface area contributed by atoms with Gasteiger partial charge in [-0.2, -0.15) is 4.57 Å². The number of fused-ring (bicyclic) bond motifs is 9. The van der Waals surface area contributed by atoms with Crippen LogP contribution in [-0.2, 0) is 0 Å². The number of hydrogen-bond acceptors (Lipinski definition) is 1. The fraction of sp³-hybridized carbons (Fsp3) is 0.0278. The molecule has 39 heavy (non-hydrogen) atoms. The Morgan fingerprint density at radius 2 is 1.18 bits per heavy atom. The second kappa shape index (κ2) is 7.89. The molecule has 0 amide bonds. The third kappa shape index (κ3) is 2.88. The summed E-state index contributed by atoms with van der Waals surface area (Å²) in [4.78, 5) is 1.32. The molecule has 8 aromatic rings. The van der Waals surface area contributed by atoms with Crippen molar-refractivity contribution < 1.29 is 4.57 Å². The van der Waals surface area contributed by atoms with Crippen LogP contribution in [0.1, 0.15) is 17.2 Å². The highest BCUT2D eigenvalue weighted by Crippen LogP contribution is 2.46. The molecule has 0 saturated heterocycles. The van der Waals surface area contributed by atoms with Crippen LogP contribution in [0.2, 0.25) is 0 Å². The maximum atomic E-state index is 2.49. The molecule has 3 heteroatoms. The molecule has 9 rings (SSSR count). The van der Waals surface area contributed by atoms with E-state index in [0.29, 0.717) is 0 Å². The quantitative estimate of drug-likeness (QED) is 0.203. The predicted octanol–water partition coefficient (Wildman–Crippen LogP) is 9.06. The van der Waals surface area contributed by atoms with Crippen molar-refractivity contribution in [1.29, 1.82) is 0 Å². The van der Waals surface area contributed by atoms with E-state index in [9.17, 15) is 0 Å². The van der Waals surface area contributed by atoms with Gasteiger partial charge in [0.05, 0.1) is 16.4 Å². The Morgan fingerprint density at radius 3 is 2.00 bits per heavy atom. The zero-order chi connectivity index (χ0) is 25.5. The van der Waals surface area contributed by atoms with Crippen LogP contribution < -0.4 is 4.57 Å². The first-order valence-corrected chi connectivity index (χ1v) is 14.2. The van der Waals surface area contributed by atoms with Crippen molar-refractivity contribution in [2.75, 3.05) is 0 Å². The van der Waals surface area contributed by atoms with Gasteiger partial charge in [0.25, 0.3) is 4.83 Å². The van der Waals surface area contributed by atoms with Crippen LogP contribution in [0.3, 0.4) is 0 Å². The summed E-state index contributed by atoms with van der Waals surface area (Å²) in [7, 11) is 0. The SMILES string of the molecule is c1ccc2c(c1)-c1cc(-n3c4ccccc4c4ccccc43)ccc1C2[n+]1cccc2c3ccccc3sc21. The Labute approximate surface area is 229 Å². The van der Waals surface area contributed by atoms with Gasteiger partial charge >= 0.3 is 0 Å². The number of hydrogen-bond donors (Lipinski definition) is 0. The van der Waals surface area contributed by atoms with Gasteiger partial charge in [-0.3, -0.25) is 0 Å². The average Bonchev–Trinajstić information content (AvgIpc) is 3.65.